The Labute approximate surface area is 117 Å². The highest BCUT2D eigenvalue weighted by Crippen LogP contribution is 2.19. The van der Waals surface area contributed by atoms with Crippen molar-refractivity contribution in [1.29, 1.82) is 0 Å². The molecule has 1 amide bonds. The minimum Gasteiger partial charge on any atom is -0.396 e. The maximum atomic E-state index is 11.9. The summed E-state index contributed by atoms with van der Waals surface area (Å²) in [5.41, 5.74) is 0.262. The molecule has 2 N–H and O–H groups in total. The van der Waals surface area contributed by atoms with E-state index in [2.05, 4.69) is 31.0 Å². The van der Waals surface area contributed by atoms with Gasteiger partial charge in [-0.2, -0.15) is 0 Å². The first-order valence-corrected chi connectivity index (χ1v) is 7.54. The number of nitrogens with zero attached hydrogens (tertiary/aromatic N) is 1. The molecule has 1 rings (SSSR count). The predicted molar refractivity (Wildman–Crippen MR) is 78.0 cm³/mol. The molecule has 4 nitrogen and oxygen atoms in total. The van der Waals surface area contributed by atoms with Gasteiger partial charge in [0, 0.05) is 19.2 Å². The molecule has 0 aromatic rings. The van der Waals surface area contributed by atoms with E-state index in [1.807, 2.05) is 0 Å². The van der Waals surface area contributed by atoms with Gasteiger partial charge in [-0.25, -0.2) is 0 Å². The third-order valence-corrected chi connectivity index (χ3v) is 3.76. The highest BCUT2D eigenvalue weighted by atomic mass is 16.3. The van der Waals surface area contributed by atoms with E-state index in [-0.39, 0.29) is 17.9 Å². The number of hydrogen-bond donors (Lipinski definition) is 2. The largest absolute Gasteiger partial charge is 0.396 e. The van der Waals surface area contributed by atoms with Crippen LogP contribution in [0.4, 0.5) is 0 Å². The fraction of sp³-hybridized carbons (Fsp3) is 0.933. The van der Waals surface area contributed by atoms with E-state index in [0.29, 0.717) is 12.6 Å². The first kappa shape index (κ1) is 16.4. The van der Waals surface area contributed by atoms with Crippen LogP contribution in [-0.4, -0.2) is 48.2 Å². The minimum absolute atomic E-state index is 0.120. The zero-order valence-electron chi connectivity index (χ0n) is 12.7. The summed E-state index contributed by atoms with van der Waals surface area (Å²) in [4.78, 5) is 14.2. The van der Waals surface area contributed by atoms with Gasteiger partial charge in [0.15, 0.2) is 0 Å². The molecule has 0 radical (unpaired) electrons. The van der Waals surface area contributed by atoms with Crippen LogP contribution in [0.3, 0.4) is 0 Å². The lowest BCUT2D eigenvalue weighted by atomic mass is 9.92. The van der Waals surface area contributed by atoms with Gasteiger partial charge in [-0.05, 0) is 37.6 Å². The summed E-state index contributed by atoms with van der Waals surface area (Å²) >= 11 is 0. The SMILES string of the molecule is CC(C)(C)CCNC(=O)CN1CCCC[C@H]1CCO. The van der Waals surface area contributed by atoms with E-state index >= 15 is 0 Å². The molecule has 1 saturated heterocycles. The van der Waals surface area contributed by atoms with Crippen LogP contribution in [0, 0.1) is 5.41 Å². The zero-order valence-corrected chi connectivity index (χ0v) is 12.7. The Morgan fingerprint density at radius 3 is 2.74 bits per heavy atom. The highest BCUT2D eigenvalue weighted by Gasteiger charge is 2.23. The number of piperidine rings is 1. The van der Waals surface area contributed by atoms with Crippen molar-refractivity contribution in [2.45, 2.75) is 58.9 Å². The maximum Gasteiger partial charge on any atom is 0.234 e. The Kier molecular flexibility index (Phi) is 6.80. The molecule has 0 aliphatic carbocycles. The van der Waals surface area contributed by atoms with Gasteiger partial charge in [-0.3, -0.25) is 9.69 Å². The number of hydrogen-bond acceptors (Lipinski definition) is 3. The van der Waals surface area contributed by atoms with Crippen molar-refractivity contribution in [3.8, 4) is 0 Å². The average molecular weight is 270 g/mol. The summed E-state index contributed by atoms with van der Waals surface area (Å²) in [5.74, 6) is 0.120. The van der Waals surface area contributed by atoms with E-state index in [0.717, 1.165) is 38.8 Å². The van der Waals surface area contributed by atoms with Gasteiger partial charge in [0.25, 0.3) is 0 Å². The summed E-state index contributed by atoms with van der Waals surface area (Å²) in [7, 11) is 0. The fourth-order valence-corrected chi connectivity index (χ4v) is 2.56. The molecule has 1 aliphatic heterocycles. The molecule has 1 aliphatic rings. The first-order valence-electron chi connectivity index (χ1n) is 7.54. The summed E-state index contributed by atoms with van der Waals surface area (Å²) < 4.78 is 0. The standard InChI is InChI=1S/C15H30N2O2/c1-15(2,3)8-9-16-14(19)12-17-10-5-4-6-13(17)7-11-18/h13,18H,4-12H2,1-3H3,(H,16,19)/t13-/m0/s1. The van der Waals surface area contributed by atoms with Crippen molar-refractivity contribution in [2.75, 3.05) is 26.2 Å². The van der Waals surface area contributed by atoms with Gasteiger partial charge in [0.05, 0.1) is 6.54 Å². The smallest absolute Gasteiger partial charge is 0.234 e. The molecule has 19 heavy (non-hydrogen) atoms. The molecule has 0 spiro atoms. The van der Waals surface area contributed by atoms with Crippen LogP contribution in [0.15, 0.2) is 0 Å². The van der Waals surface area contributed by atoms with Crippen LogP contribution in [0.5, 0.6) is 0 Å². The minimum atomic E-state index is 0.120. The Morgan fingerprint density at radius 2 is 2.11 bits per heavy atom. The zero-order chi connectivity index (χ0) is 14.3. The van der Waals surface area contributed by atoms with Gasteiger partial charge < -0.3 is 10.4 Å². The normalized spacial score (nSPS) is 21.4. The molecule has 0 aromatic heterocycles. The van der Waals surface area contributed by atoms with Crippen LogP contribution in [0.2, 0.25) is 0 Å². The van der Waals surface area contributed by atoms with E-state index < -0.39 is 0 Å². The van der Waals surface area contributed by atoms with Gasteiger partial charge >= 0.3 is 0 Å². The number of carbonyl (C=O) groups is 1. The molecule has 1 heterocycles. The Morgan fingerprint density at radius 1 is 1.37 bits per heavy atom. The van der Waals surface area contributed by atoms with Crippen molar-refractivity contribution < 1.29 is 9.90 Å². The van der Waals surface area contributed by atoms with Crippen LogP contribution in [0.25, 0.3) is 0 Å². The molecule has 4 heteroatoms. The number of nitrogens with one attached hydrogen (secondary N) is 1. The quantitative estimate of drug-likeness (QED) is 0.773. The molecule has 112 valence electrons. The molecule has 1 fully saturated rings. The van der Waals surface area contributed by atoms with E-state index in [1.165, 1.54) is 6.42 Å². The number of aliphatic hydroxyl groups excluding tert-OH is 1. The maximum absolute atomic E-state index is 11.9. The monoisotopic (exact) mass is 270 g/mol. The number of likely N-dealkylation sites (tertiary alicyclic amines) is 1. The summed E-state index contributed by atoms with van der Waals surface area (Å²) in [6.07, 6.45) is 5.27. The second kappa shape index (κ2) is 7.85. The second-order valence-corrected chi connectivity index (χ2v) is 6.79. The Hall–Kier alpha value is -0.610. The van der Waals surface area contributed by atoms with E-state index in [9.17, 15) is 4.79 Å². The van der Waals surface area contributed by atoms with Gasteiger partial charge in [0.1, 0.15) is 0 Å². The van der Waals surface area contributed by atoms with Gasteiger partial charge in [0.2, 0.25) is 5.91 Å². The van der Waals surface area contributed by atoms with Crippen LogP contribution >= 0.6 is 0 Å². The van der Waals surface area contributed by atoms with Crippen LogP contribution in [-0.2, 0) is 4.79 Å². The molecule has 0 unspecified atom stereocenters. The number of aliphatic hydroxyl groups is 1. The van der Waals surface area contributed by atoms with Gasteiger partial charge in [-0.15, -0.1) is 0 Å². The average Bonchev–Trinajstić information content (AvgIpc) is 2.30. The first-order chi connectivity index (χ1) is 8.92. The predicted octanol–water partition coefficient (Wildman–Crippen LogP) is 1.78. The fourth-order valence-electron chi connectivity index (χ4n) is 2.56. The summed E-state index contributed by atoms with van der Waals surface area (Å²) in [6.45, 7) is 8.98. The lowest BCUT2D eigenvalue weighted by Gasteiger charge is -2.35. The molecular formula is C15H30N2O2. The van der Waals surface area contributed by atoms with E-state index in [1.54, 1.807) is 0 Å². The highest BCUT2D eigenvalue weighted by molar-refractivity contribution is 5.78. The van der Waals surface area contributed by atoms with E-state index in [4.69, 9.17) is 5.11 Å². The van der Waals surface area contributed by atoms with Crippen molar-refractivity contribution in [3.63, 3.8) is 0 Å². The Balaban J connectivity index is 2.29. The van der Waals surface area contributed by atoms with Crippen molar-refractivity contribution in [1.82, 2.24) is 10.2 Å². The number of amides is 1. The summed E-state index contributed by atoms with van der Waals surface area (Å²) in [5, 5.41) is 12.1. The second-order valence-electron chi connectivity index (χ2n) is 6.79. The molecule has 1 atom stereocenters. The lowest BCUT2D eigenvalue weighted by Crippen LogP contribution is -2.46. The summed E-state index contributed by atoms with van der Waals surface area (Å²) in [6, 6.07) is 0.382. The number of carbonyl (C=O) groups excluding carboxylic acids is 1. The Bertz CT molecular complexity index is 272. The molecule has 0 bridgehead atoms. The van der Waals surface area contributed by atoms with Gasteiger partial charge in [-0.1, -0.05) is 27.2 Å². The molecule has 0 saturated carbocycles. The third-order valence-electron chi connectivity index (χ3n) is 3.76. The van der Waals surface area contributed by atoms with Crippen molar-refractivity contribution in [2.24, 2.45) is 5.41 Å². The molecular weight excluding hydrogens is 240 g/mol. The third kappa shape index (κ3) is 6.92. The van der Waals surface area contributed by atoms with Crippen LogP contribution < -0.4 is 5.32 Å². The van der Waals surface area contributed by atoms with Crippen molar-refractivity contribution in [3.05, 3.63) is 0 Å². The molecule has 0 aromatic carbocycles. The van der Waals surface area contributed by atoms with Crippen LogP contribution in [0.1, 0.15) is 52.9 Å². The topological polar surface area (TPSA) is 52.6 Å². The lowest BCUT2D eigenvalue weighted by molar-refractivity contribution is -0.123. The number of rotatable bonds is 6. The van der Waals surface area contributed by atoms with Crippen molar-refractivity contribution >= 4 is 5.91 Å².